The summed E-state index contributed by atoms with van der Waals surface area (Å²) < 4.78 is 10.7. The van der Waals surface area contributed by atoms with E-state index in [2.05, 4.69) is 19.0 Å². The largest absolute Gasteiger partial charge is 0.496 e. The van der Waals surface area contributed by atoms with Crippen LogP contribution in [0.1, 0.15) is 35.1 Å². The predicted octanol–water partition coefficient (Wildman–Crippen LogP) is 3.43. The van der Waals surface area contributed by atoms with Gasteiger partial charge in [-0.25, -0.2) is 0 Å². The topological polar surface area (TPSA) is 61.3 Å². The predicted molar refractivity (Wildman–Crippen MR) is 79.0 cm³/mol. The highest BCUT2D eigenvalue weighted by Gasteiger charge is 2.24. The molecule has 20 heavy (non-hydrogen) atoms. The summed E-state index contributed by atoms with van der Waals surface area (Å²) in [6, 6.07) is 1.76. The molecule has 4 nitrogen and oxygen atoms in total. The van der Waals surface area contributed by atoms with Crippen molar-refractivity contribution in [3.8, 4) is 17.0 Å². The van der Waals surface area contributed by atoms with Crippen LogP contribution in [0.2, 0.25) is 0 Å². The molecule has 3 rings (SSSR count). The van der Waals surface area contributed by atoms with Crippen molar-refractivity contribution in [1.29, 1.82) is 0 Å². The fourth-order valence-corrected chi connectivity index (χ4v) is 3.35. The van der Waals surface area contributed by atoms with Crippen molar-refractivity contribution in [1.82, 2.24) is 5.16 Å². The van der Waals surface area contributed by atoms with Crippen LogP contribution in [0.5, 0.6) is 5.75 Å². The van der Waals surface area contributed by atoms with Crippen molar-refractivity contribution in [3.05, 3.63) is 28.3 Å². The number of nitrogens with two attached hydrogens (primary N) is 1. The number of fused-ring (bicyclic) bond motifs is 1. The summed E-state index contributed by atoms with van der Waals surface area (Å²) in [4.78, 5) is 0. The number of hydrogen-bond donors (Lipinski definition) is 1. The molecule has 1 heterocycles. The molecule has 0 spiro atoms. The fraction of sp³-hybridized carbons (Fsp3) is 0.438. The smallest absolute Gasteiger partial charge is 0.222 e. The Morgan fingerprint density at radius 1 is 1.15 bits per heavy atom. The molecule has 0 fully saturated rings. The molecule has 0 unspecified atom stereocenters. The number of methoxy groups -OCH3 is 1. The second-order valence-electron chi connectivity index (χ2n) is 5.44. The van der Waals surface area contributed by atoms with Crippen molar-refractivity contribution in [2.45, 2.75) is 39.5 Å². The van der Waals surface area contributed by atoms with Gasteiger partial charge in [0, 0.05) is 11.6 Å². The fourth-order valence-electron chi connectivity index (χ4n) is 3.35. The number of hydrogen-bond acceptors (Lipinski definition) is 4. The van der Waals surface area contributed by atoms with Gasteiger partial charge < -0.3 is 15.0 Å². The third-order valence-electron chi connectivity index (χ3n) is 4.30. The molecule has 0 bridgehead atoms. The van der Waals surface area contributed by atoms with Gasteiger partial charge >= 0.3 is 0 Å². The maximum Gasteiger partial charge on any atom is 0.222 e. The van der Waals surface area contributed by atoms with E-state index in [0.29, 0.717) is 5.88 Å². The lowest BCUT2D eigenvalue weighted by Gasteiger charge is -2.25. The van der Waals surface area contributed by atoms with Gasteiger partial charge in [-0.2, -0.15) is 0 Å². The van der Waals surface area contributed by atoms with Crippen LogP contribution in [0.25, 0.3) is 11.3 Å². The Morgan fingerprint density at radius 2 is 1.80 bits per heavy atom. The summed E-state index contributed by atoms with van der Waals surface area (Å²) in [5, 5.41) is 4.07. The molecule has 0 aliphatic heterocycles. The van der Waals surface area contributed by atoms with E-state index >= 15 is 0 Å². The number of nitrogens with zero attached hydrogens (tertiary/aromatic N) is 1. The summed E-state index contributed by atoms with van der Waals surface area (Å²) in [6.07, 6.45) is 4.78. The molecule has 0 amide bonds. The van der Waals surface area contributed by atoms with Crippen LogP contribution in [-0.2, 0) is 12.8 Å². The zero-order valence-electron chi connectivity index (χ0n) is 12.2. The highest BCUT2D eigenvalue weighted by atomic mass is 16.5. The monoisotopic (exact) mass is 272 g/mol. The lowest BCUT2D eigenvalue weighted by Crippen LogP contribution is -2.10. The van der Waals surface area contributed by atoms with Gasteiger partial charge in [0.25, 0.3) is 0 Å². The zero-order valence-corrected chi connectivity index (χ0v) is 12.2. The second kappa shape index (κ2) is 4.85. The lowest BCUT2D eigenvalue weighted by molar-refractivity contribution is 0.409. The Bertz CT molecular complexity index is 659. The Kier molecular flexibility index (Phi) is 3.16. The first kappa shape index (κ1) is 13.0. The number of rotatable bonds is 2. The van der Waals surface area contributed by atoms with Crippen molar-refractivity contribution in [2.24, 2.45) is 0 Å². The summed E-state index contributed by atoms with van der Waals surface area (Å²) >= 11 is 0. The molecule has 0 atom stereocenters. The van der Waals surface area contributed by atoms with Crippen molar-refractivity contribution >= 4 is 5.88 Å². The van der Waals surface area contributed by atoms with Crippen LogP contribution in [-0.4, -0.2) is 12.3 Å². The molecule has 1 aromatic heterocycles. The van der Waals surface area contributed by atoms with Crippen LogP contribution in [0.3, 0.4) is 0 Å². The van der Waals surface area contributed by atoms with Gasteiger partial charge in [0.15, 0.2) is 0 Å². The first-order chi connectivity index (χ1) is 9.63. The summed E-state index contributed by atoms with van der Waals surface area (Å²) in [5.41, 5.74) is 12.8. The lowest BCUT2D eigenvalue weighted by atomic mass is 9.82. The Morgan fingerprint density at radius 3 is 2.35 bits per heavy atom. The van der Waals surface area contributed by atoms with E-state index in [9.17, 15) is 0 Å². The van der Waals surface area contributed by atoms with E-state index in [1.807, 2.05) is 0 Å². The van der Waals surface area contributed by atoms with Gasteiger partial charge in [0.05, 0.1) is 7.11 Å². The molecule has 2 aromatic rings. The minimum Gasteiger partial charge on any atom is -0.496 e. The third-order valence-corrected chi connectivity index (χ3v) is 4.30. The van der Waals surface area contributed by atoms with E-state index in [1.54, 1.807) is 13.2 Å². The molecule has 4 heteroatoms. The number of anilines is 1. The minimum absolute atomic E-state index is 0.330. The number of benzene rings is 1. The minimum atomic E-state index is 0.330. The Balaban J connectivity index is 2.30. The van der Waals surface area contributed by atoms with Gasteiger partial charge in [-0.05, 0) is 61.8 Å². The number of aromatic nitrogens is 1. The molecule has 0 radical (unpaired) electrons. The molecule has 1 aliphatic carbocycles. The third kappa shape index (κ3) is 1.87. The van der Waals surface area contributed by atoms with Crippen LogP contribution in [0.15, 0.2) is 10.6 Å². The first-order valence-electron chi connectivity index (χ1n) is 7.05. The summed E-state index contributed by atoms with van der Waals surface area (Å²) in [6.45, 7) is 4.28. The van der Waals surface area contributed by atoms with Crippen molar-refractivity contribution in [2.75, 3.05) is 12.8 Å². The Hall–Kier alpha value is -1.97. The highest BCUT2D eigenvalue weighted by Crippen LogP contribution is 2.42. The van der Waals surface area contributed by atoms with Crippen LogP contribution in [0, 0.1) is 13.8 Å². The Labute approximate surface area is 118 Å². The van der Waals surface area contributed by atoms with Crippen molar-refractivity contribution in [3.63, 3.8) is 0 Å². The van der Waals surface area contributed by atoms with Gasteiger partial charge in [-0.15, -0.1) is 0 Å². The van der Waals surface area contributed by atoms with Crippen LogP contribution in [0.4, 0.5) is 5.88 Å². The molecule has 1 aliphatic rings. The molecule has 106 valence electrons. The number of nitrogen functional groups attached to an aromatic ring is 1. The maximum atomic E-state index is 5.66. The zero-order chi connectivity index (χ0) is 14.3. The van der Waals surface area contributed by atoms with Gasteiger partial charge in [-0.3, -0.25) is 0 Å². The normalized spacial score (nSPS) is 14.2. The van der Waals surface area contributed by atoms with Crippen LogP contribution >= 0.6 is 0 Å². The molecular formula is C16H20N2O2. The van der Waals surface area contributed by atoms with Gasteiger partial charge in [0.2, 0.25) is 5.88 Å². The molecular weight excluding hydrogens is 252 g/mol. The van der Waals surface area contributed by atoms with Gasteiger partial charge in [0.1, 0.15) is 11.4 Å². The van der Waals surface area contributed by atoms with E-state index in [0.717, 1.165) is 29.8 Å². The maximum absolute atomic E-state index is 5.66. The van der Waals surface area contributed by atoms with E-state index in [1.165, 1.54) is 35.1 Å². The van der Waals surface area contributed by atoms with E-state index < -0.39 is 0 Å². The highest BCUT2D eigenvalue weighted by molar-refractivity contribution is 5.77. The molecule has 0 saturated heterocycles. The average molecular weight is 272 g/mol. The quantitative estimate of drug-likeness (QED) is 0.909. The van der Waals surface area contributed by atoms with Crippen LogP contribution < -0.4 is 10.5 Å². The standard InChI is InChI=1S/C16H20N2O2/c1-9-11-6-4-5-7-12(11)10(2)16(19-3)15(9)13-8-14(17)20-18-13/h8H,4-7,17H2,1-3H3. The molecule has 2 N–H and O–H groups in total. The first-order valence-corrected chi connectivity index (χ1v) is 7.05. The SMILES string of the molecule is COc1c(C)c2c(c(C)c1-c1cc(N)on1)CCCC2. The number of ether oxygens (including phenoxy) is 1. The van der Waals surface area contributed by atoms with E-state index in [4.69, 9.17) is 15.0 Å². The van der Waals surface area contributed by atoms with Gasteiger partial charge in [-0.1, -0.05) is 5.16 Å². The van der Waals surface area contributed by atoms with Crippen molar-refractivity contribution < 1.29 is 9.26 Å². The molecule has 0 saturated carbocycles. The summed E-state index contributed by atoms with van der Waals surface area (Å²) in [5.74, 6) is 1.23. The average Bonchev–Trinajstić information content (AvgIpc) is 2.88. The molecule has 1 aromatic carbocycles. The second-order valence-corrected chi connectivity index (χ2v) is 5.44. The van der Waals surface area contributed by atoms with E-state index in [-0.39, 0.29) is 0 Å². The summed E-state index contributed by atoms with van der Waals surface area (Å²) in [7, 11) is 1.71.